The number of hydrogen-bond acceptors (Lipinski definition) is 8. The fourth-order valence-corrected chi connectivity index (χ4v) is 4.84. The van der Waals surface area contributed by atoms with Gasteiger partial charge < -0.3 is 19.4 Å². The molecule has 2 fully saturated rings. The van der Waals surface area contributed by atoms with E-state index in [1.54, 1.807) is 13.1 Å². The average molecular weight is 493 g/mol. The van der Waals surface area contributed by atoms with Crippen molar-refractivity contribution in [3.05, 3.63) is 59.2 Å². The Morgan fingerprint density at radius 1 is 1.03 bits per heavy atom. The summed E-state index contributed by atoms with van der Waals surface area (Å²) in [5.74, 6) is 2.47. The Kier molecular flexibility index (Phi) is 6.83. The standard InChI is InChI=1S/C26H29ClN6O2/c1-18-17-32(25-22(27)4-3-9-28-25)10-11-33(18)24-16-23(21-7-5-20(6-8-21)19(2)34)29-26(30-24)31-12-14-35-15-13-31/h3-9,16,18H,10-15,17H2,1-2H3/t18-/m1/s1. The fourth-order valence-electron chi connectivity index (χ4n) is 4.60. The Morgan fingerprint density at radius 3 is 2.49 bits per heavy atom. The Labute approximate surface area is 210 Å². The van der Waals surface area contributed by atoms with Crippen LogP contribution in [0.5, 0.6) is 0 Å². The first-order valence-electron chi connectivity index (χ1n) is 11.9. The maximum Gasteiger partial charge on any atom is 0.228 e. The van der Waals surface area contributed by atoms with E-state index >= 15 is 0 Å². The van der Waals surface area contributed by atoms with Gasteiger partial charge in [-0.2, -0.15) is 4.98 Å². The molecule has 8 nitrogen and oxygen atoms in total. The molecule has 3 aromatic rings. The Morgan fingerprint density at radius 2 is 1.80 bits per heavy atom. The summed E-state index contributed by atoms with van der Waals surface area (Å²) in [7, 11) is 0. The molecule has 0 amide bonds. The summed E-state index contributed by atoms with van der Waals surface area (Å²) in [5, 5.41) is 0.668. The summed E-state index contributed by atoms with van der Waals surface area (Å²) in [6.45, 7) is 8.98. The van der Waals surface area contributed by atoms with Gasteiger partial charge in [0.2, 0.25) is 5.95 Å². The van der Waals surface area contributed by atoms with E-state index in [4.69, 9.17) is 26.3 Å². The Bertz CT molecular complexity index is 1200. The van der Waals surface area contributed by atoms with Gasteiger partial charge in [-0.1, -0.05) is 35.9 Å². The molecule has 182 valence electrons. The molecule has 0 saturated carbocycles. The number of nitrogens with zero attached hydrogens (tertiary/aromatic N) is 6. The third kappa shape index (κ3) is 5.09. The summed E-state index contributed by atoms with van der Waals surface area (Å²) in [6, 6.07) is 13.6. The molecular formula is C26H29ClN6O2. The highest BCUT2D eigenvalue weighted by molar-refractivity contribution is 6.32. The van der Waals surface area contributed by atoms with Crippen molar-refractivity contribution in [2.45, 2.75) is 19.9 Å². The number of aromatic nitrogens is 3. The van der Waals surface area contributed by atoms with E-state index in [-0.39, 0.29) is 11.8 Å². The Balaban J connectivity index is 1.46. The van der Waals surface area contributed by atoms with Crippen molar-refractivity contribution in [2.24, 2.45) is 0 Å². The highest BCUT2D eigenvalue weighted by atomic mass is 35.5. The summed E-state index contributed by atoms with van der Waals surface area (Å²) in [5.41, 5.74) is 2.49. The minimum atomic E-state index is 0.0497. The lowest BCUT2D eigenvalue weighted by atomic mass is 10.1. The number of benzene rings is 1. The van der Waals surface area contributed by atoms with Crippen LogP contribution in [0.4, 0.5) is 17.6 Å². The van der Waals surface area contributed by atoms with Gasteiger partial charge in [0.05, 0.1) is 23.9 Å². The van der Waals surface area contributed by atoms with E-state index in [2.05, 4.69) is 26.6 Å². The predicted octanol–water partition coefficient (Wildman–Crippen LogP) is 3.95. The van der Waals surface area contributed by atoms with Crippen LogP contribution in [0.25, 0.3) is 11.3 Å². The number of morpholine rings is 1. The van der Waals surface area contributed by atoms with Gasteiger partial charge in [0.1, 0.15) is 11.6 Å². The topological polar surface area (TPSA) is 74.7 Å². The van der Waals surface area contributed by atoms with Gasteiger partial charge in [0.15, 0.2) is 5.78 Å². The molecule has 1 aromatic carbocycles. The minimum Gasteiger partial charge on any atom is -0.378 e. The molecular weight excluding hydrogens is 464 g/mol. The molecule has 0 N–H and O–H groups in total. The zero-order valence-electron chi connectivity index (χ0n) is 20.0. The normalized spacial score (nSPS) is 18.6. The van der Waals surface area contributed by atoms with Crippen LogP contribution in [0.2, 0.25) is 5.02 Å². The zero-order valence-corrected chi connectivity index (χ0v) is 20.8. The SMILES string of the molecule is CC(=O)c1ccc(-c2cc(N3CCN(c4ncccc4Cl)C[C@H]3C)nc(N3CCOCC3)n2)cc1. The van der Waals surface area contributed by atoms with Crippen LogP contribution in [0.1, 0.15) is 24.2 Å². The zero-order chi connectivity index (χ0) is 24.4. The first-order valence-corrected chi connectivity index (χ1v) is 12.3. The van der Waals surface area contributed by atoms with Gasteiger partial charge in [0, 0.05) is 62.2 Å². The number of hydrogen-bond donors (Lipinski definition) is 0. The van der Waals surface area contributed by atoms with E-state index in [1.807, 2.05) is 42.5 Å². The number of Topliss-reactive ketones (excluding diaryl/α,β-unsaturated/α-hetero) is 1. The van der Waals surface area contributed by atoms with Crippen LogP contribution < -0.4 is 14.7 Å². The number of ketones is 1. The van der Waals surface area contributed by atoms with Crippen molar-refractivity contribution in [1.29, 1.82) is 0 Å². The van der Waals surface area contributed by atoms with Crippen LogP contribution in [-0.2, 0) is 4.74 Å². The summed E-state index contributed by atoms with van der Waals surface area (Å²) in [6.07, 6.45) is 1.78. The molecule has 5 rings (SSSR count). The van der Waals surface area contributed by atoms with E-state index in [1.165, 1.54) is 0 Å². The number of pyridine rings is 1. The lowest BCUT2D eigenvalue weighted by molar-refractivity contribution is 0.101. The average Bonchev–Trinajstić information content (AvgIpc) is 2.89. The monoisotopic (exact) mass is 492 g/mol. The second kappa shape index (κ2) is 10.2. The lowest BCUT2D eigenvalue weighted by Gasteiger charge is -2.41. The summed E-state index contributed by atoms with van der Waals surface area (Å²) in [4.78, 5) is 32.8. The number of ether oxygens (including phenoxy) is 1. The third-order valence-corrected chi connectivity index (χ3v) is 6.84. The summed E-state index contributed by atoms with van der Waals surface area (Å²) >= 11 is 6.41. The largest absolute Gasteiger partial charge is 0.378 e. The molecule has 4 heterocycles. The van der Waals surface area contributed by atoms with Gasteiger partial charge in [0.25, 0.3) is 0 Å². The van der Waals surface area contributed by atoms with Crippen molar-refractivity contribution in [3.63, 3.8) is 0 Å². The lowest BCUT2D eigenvalue weighted by Crippen LogP contribution is -2.53. The summed E-state index contributed by atoms with van der Waals surface area (Å²) < 4.78 is 5.54. The quantitative estimate of drug-likeness (QED) is 0.496. The Hall–Kier alpha value is -3.23. The number of carbonyl (C=O) groups is 1. The van der Waals surface area contributed by atoms with Gasteiger partial charge in [-0.3, -0.25) is 4.79 Å². The minimum absolute atomic E-state index is 0.0497. The first kappa shape index (κ1) is 23.5. The molecule has 1 atom stereocenters. The molecule has 2 aliphatic rings. The highest BCUT2D eigenvalue weighted by Gasteiger charge is 2.28. The van der Waals surface area contributed by atoms with Crippen molar-refractivity contribution in [2.75, 3.05) is 60.6 Å². The van der Waals surface area contributed by atoms with Gasteiger partial charge in [-0.25, -0.2) is 9.97 Å². The van der Waals surface area contributed by atoms with Crippen LogP contribution >= 0.6 is 11.6 Å². The van der Waals surface area contributed by atoms with Crippen molar-refractivity contribution in [3.8, 4) is 11.3 Å². The number of rotatable bonds is 5. The molecule has 2 aliphatic heterocycles. The van der Waals surface area contributed by atoms with Crippen LogP contribution in [-0.4, -0.2) is 72.7 Å². The molecule has 2 saturated heterocycles. The molecule has 35 heavy (non-hydrogen) atoms. The first-order chi connectivity index (χ1) is 17.0. The van der Waals surface area contributed by atoms with Crippen LogP contribution in [0.15, 0.2) is 48.7 Å². The molecule has 0 spiro atoms. The fraction of sp³-hybridized carbons (Fsp3) is 0.385. The van der Waals surface area contributed by atoms with Crippen LogP contribution in [0.3, 0.4) is 0 Å². The van der Waals surface area contributed by atoms with Gasteiger partial charge >= 0.3 is 0 Å². The molecule has 2 aromatic heterocycles. The second-order valence-electron chi connectivity index (χ2n) is 8.94. The predicted molar refractivity (Wildman–Crippen MR) is 139 cm³/mol. The number of anilines is 3. The molecule has 0 bridgehead atoms. The van der Waals surface area contributed by atoms with E-state index in [0.29, 0.717) is 29.7 Å². The maximum absolute atomic E-state index is 11.7. The third-order valence-electron chi connectivity index (χ3n) is 6.54. The van der Waals surface area contributed by atoms with Crippen molar-refractivity contribution >= 4 is 35.0 Å². The maximum atomic E-state index is 11.7. The smallest absolute Gasteiger partial charge is 0.228 e. The number of carbonyl (C=O) groups excluding carboxylic acids is 1. The van der Waals surface area contributed by atoms with Gasteiger partial charge in [-0.05, 0) is 26.0 Å². The van der Waals surface area contributed by atoms with Crippen molar-refractivity contribution < 1.29 is 9.53 Å². The van der Waals surface area contributed by atoms with E-state index in [9.17, 15) is 4.79 Å². The highest BCUT2D eigenvalue weighted by Crippen LogP contribution is 2.30. The number of halogens is 1. The van der Waals surface area contributed by atoms with Crippen molar-refractivity contribution in [1.82, 2.24) is 15.0 Å². The molecule has 9 heteroatoms. The second-order valence-corrected chi connectivity index (χ2v) is 9.35. The van der Waals surface area contributed by atoms with Crippen LogP contribution in [0, 0.1) is 0 Å². The number of piperazine rings is 1. The molecule has 0 radical (unpaired) electrons. The van der Waals surface area contributed by atoms with Gasteiger partial charge in [-0.15, -0.1) is 0 Å². The van der Waals surface area contributed by atoms with E-state index in [0.717, 1.165) is 55.6 Å². The van der Waals surface area contributed by atoms with E-state index < -0.39 is 0 Å². The molecule has 0 aliphatic carbocycles. The molecule has 0 unspecified atom stereocenters.